The first kappa shape index (κ1) is 38.0. The van der Waals surface area contributed by atoms with Crippen LogP contribution in [-0.2, 0) is 14.4 Å². The highest BCUT2D eigenvalue weighted by atomic mass is 32.1. The summed E-state index contributed by atoms with van der Waals surface area (Å²) < 4.78 is 6.41. The lowest BCUT2D eigenvalue weighted by atomic mass is 9.85. The Morgan fingerprint density at radius 2 is 1.84 bits per heavy atom. The van der Waals surface area contributed by atoms with Crippen molar-refractivity contribution in [3.63, 3.8) is 0 Å². The van der Waals surface area contributed by atoms with E-state index < -0.39 is 65.0 Å². The molecular weight excluding hydrogens is 673 g/mol. The van der Waals surface area contributed by atoms with Crippen molar-refractivity contribution in [2.24, 2.45) is 5.41 Å². The van der Waals surface area contributed by atoms with Gasteiger partial charge in [-0.05, 0) is 69.0 Å². The predicted octanol–water partition coefficient (Wildman–Crippen LogP) is 3.54. The van der Waals surface area contributed by atoms with Gasteiger partial charge in [-0.1, -0.05) is 40.2 Å². The summed E-state index contributed by atoms with van der Waals surface area (Å²) in [5.74, 6) is -1.20. The van der Waals surface area contributed by atoms with Crippen molar-refractivity contribution in [1.29, 1.82) is 0 Å². The van der Waals surface area contributed by atoms with Gasteiger partial charge in [-0.25, -0.2) is 9.78 Å². The Labute approximate surface area is 302 Å². The molecule has 1 unspecified atom stereocenters. The number of urea groups is 1. The van der Waals surface area contributed by atoms with Gasteiger partial charge in [0.2, 0.25) is 11.8 Å². The first-order valence-corrected chi connectivity index (χ1v) is 18.4. The van der Waals surface area contributed by atoms with Gasteiger partial charge in [0, 0.05) is 30.7 Å². The molecule has 1 saturated carbocycles. The van der Waals surface area contributed by atoms with Crippen molar-refractivity contribution < 1.29 is 29.0 Å². The maximum atomic E-state index is 14.7. The number of amides is 5. The molecule has 15 heteroatoms. The summed E-state index contributed by atoms with van der Waals surface area (Å²) in [4.78, 5) is 71.0. The molecule has 3 aromatic heterocycles. The van der Waals surface area contributed by atoms with Crippen LogP contribution in [-0.4, -0.2) is 97.2 Å². The van der Waals surface area contributed by atoms with E-state index in [1.807, 2.05) is 57.3 Å². The van der Waals surface area contributed by atoms with Crippen molar-refractivity contribution in [1.82, 2.24) is 41.1 Å². The Bertz CT molecular complexity index is 1720. The normalized spacial score (nSPS) is 19.5. The number of nitrogens with one attached hydrogen (secondary N) is 4. The van der Waals surface area contributed by atoms with Gasteiger partial charge in [0.25, 0.3) is 11.8 Å². The number of aliphatic hydroxyl groups excluding tert-OH is 1. The molecular formula is C36H50N8O6S. The number of aliphatic hydroxyl groups is 1. The zero-order valence-corrected chi connectivity index (χ0v) is 31.2. The van der Waals surface area contributed by atoms with Gasteiger partial charge in [0.05, 0.1) is 17.5 Å². The highest BCUT2D eigenvalue weighted by molar-refractivity contribution is 7.16. The van der Waals surface area contributed by atoms with Crippen LogP contribution in [0.1, 0.15) is 80.6 Å². The average Bonchev–Trinajstić information content (AvgIpc) is 3.53. The van der Waals surface area contributed by atoms with Gasteiger partial charge in [-0.2, -0.15) is 4.98 Å². The highest BCUT2D eigenvalue weighted by Gasteiger charge is 2.47. The van der Waals surface area contributed by atoms with Gasteiger partial charge in [-0.15, -0.1) is 11.3 Å². The number of imide groups is 1. The Balaban J connectivity index is 1.43. The second kappa shape index (κ2) is 15.6. The Morgan fingerprint density at radius 1 is 1.10 bits per heavy atom. The smallest absolute Gasteiger partial charge is 0.315 e. The van der Waals surface area contributed by atoms with Gasteiger partial charge in [0.15, 0.2) is 11.9 Å². The number of aromatic nitrogens is 3. The topological polar surface area (TPSA) is 188 Å². The van der Waals surface area contributed by atoms with E-state index >= 15 is 0 Å². The van der Waals surface area contributed by atoms with Crippen molar-refractivity contribution in [3.8, 4) is 17.4 Å². The average molecular weight is 723 g/mol. The molecule has 5 rings (SSSR count). The number of hydrogen-bond acceptors (Lipinski definition) is 11. The SMILES string of the molecule is CCC[C@@H](C(O)C(=O)NC1CC1)N(C(=O)[C@@H]1C[C@@H](Oc2nc(-c3ccccn3)nc3sccc23)CN1)C(=O)[C@@H](NC(=O)NC(C)(C)C)C(C)(C)C. The molecule has 0 aromatic carbocycles. The van der Waals surface area contributed by atoms with Crippen LogP contribution in [0.4, 0.5) is 4.79 Å². The number of hydrogen-bond donors (Lipinski definition) is 5. The molecule has 276 valence electrons. The second-order valence-electron chi connectivity index (χ2n) is 15.4. The summed E-state index contributed by atoms with van der Waals surface area (Å²) in [6.45, 7) is 12.9. The van der Waals surface area contributed by atoms with Crippen molar-refractivity contribution in [3.05, 3.63) is 35.8 Å². The standard InChI is InChI=1S/C36H50N8O6S/c1-8-11-25(26(45)29(46)39-20-13-14-20)44(33(48)27(35(2,3)4)40-34(49)43-36(5,6)7)32(47)24-18-21(19-38-24)50-30-22-15-17-51-31(22)42-28(41-30)23-12-9-10-16-37-23/h9-10,12,15-17,20-21,24-27,38,45H,8,11,13-14,18-19H2,1-7H3,(H,39,46)(H2,40,43,49)/t21-,24+,25+,26?,27-/m1/s1. The lowest BCUT2D eigenvalue weighted by Crippen LogP contribution is -2.65. The van der Waals surface area contributed by atoms with Crippen LogP contribution in [0.5, 0.6) is 5.88 Å². The molecule has 2 aliphatic rings. The van der Waals surface area contributed by atoms with Crippen LogP contribution in [0, 0.1) is 5.41 Å². The molecule has 3 aromatic rings. The first-order valence-electron chi connectivity index (χ1n) is 17.6. The van der Waals surface area contributed by atoms with Crippen LogP contribution in [0.15, 0.2) is 35.8 Å². The molecule has 5 atom stereocenters. The number of rotatable bonds is 12. The lowest BCUT2D eigenvalue weighted by molar-refractivity contribution is -0.156. The minimum absolute atomic E-state index is 0.0385. The molecule has 51 heavy (non-hydrogen) atoms. The fourth-order valence-electron chi connectivity index (χ4n) is 5.98. The second-order valence-corrected chi connectivity index (χ2v) is 16.3. The molecule has 5 amide bonds. The third kappa shape index (κ3) is 9.57. The molecule has 4 heterocycles. The third-order valence-corrected chi connectivity index (χ3v) is 9.48. The number of nitrogens with zero attached hydrogens (tertiary/aromatic N) is 4. The van der Waals surface area contributed by atoms with E-state index in [9.17, 15) is 24.3 Å². The molecule has 0 bridgehead atoms. The lowest BCUT2D eigenvalue weighted by Gasteiger charge is -2.40. The number of thiophene rings is 1. The number of carbonyl (C=O) groups excluding carboxylic acids is 4. The van der Waals surface area contributed by atoms with Crippen molar-refractivity contribution in [2.75, 3.05) is 6.54 Å². The quantitative estimate of drug-likeness (QED) is 0.185. The maximum absolute atomic E-state index is 14.7. The number of fused-ring (bicyclic) bond motifs is 1. The highest BCUT2D eigenvalue weighted by Crippen LogP contribution is 2.32. The van der Waals surface area contributed by atoms with Gasteiger partial charge >= 0.3 is 6.03 Å². The molecule has 0 radical (unpaired) electrons. The molecule has 0 spiro atoms. The van der Waals surface area contributed by atoms with Crippen LogP contribution < -0.4 is 26.0 Å². The van der Waals surface area contributed by atoms with Gasteiger partial charge in [-0.3, -0.25) is 24.3 Å². The fraction of sp³-hybridized carbons (Fsp3) is 0.583. The first-order chi connectivity index (χ1) is 24.1. The van der Waals surface area contributed by atoms with Crippen LogP contribution in [0.25, 0.3) is 21.7 Å². The summed E-state index contributed by atoms with van der Waals surface area (Å²) in [7, 11) is 0. The van der Waals surface area contributed by atoms with E-state index in [1.165, 1.54) is 11.3 Å². The number of pyridine rings is 1. The molecule has 1 aliphatic heterocycles. The third-order valence-electron chi connectivity index (χ3n) is 8.68. The summed E-state index contributed by atoms with van der Waals surface area (Å²) >= 11 is 1.45. The van der Waals surface area contributed by atoms with Gasteiger partial charge < -0.3 is 31.1 Å². The summed E-state index contributed by atoms with van der Waals surface area (Å²) in [5.41, 5.74) is -0.845. The Morgan fingerprint density at radius 3 is 2.47 bits per heavy atom. The van der Waals surface area contributed by atoms with Crippen molar-refractivity contribution >= 4 is 45.3 Å². The summed E-state index contributed by atoms with van der Waals surface area (Å²) in [6.07, 6.45) is 1.91. The van der Waals surface area contributed by atoms with E-state index in [0.717, 1.165) is 28.0 Å². The van der Waals surface area contributed by atoms with E-state index in [2.05, 4.69) is 36.2 Å². The van der Waals surface area contributed by atoms with Crippen LogP contribution in [0.3, 0.4) is 0 Å². The molecule has 1 saturated heterocycles. The Hall–Kier alpha value is -4.21. The zero-order chi connectivity index (χ0) is 37.1. The Kier molecular flexibility index (Phi) is 11.6. The van der Waals surface area contributed by atoms with Crippen LogP contribution >= 0.6 is 11.3 Å². The van der Waals surface area contributed by atoms with E-state index in [4.69, 9.17) is 4.74 Å². The van der Waals surface area contributed by atoms with Gasteiger partial charge in [0.1, 0.15) is 22.7 Å². The van der Waals surface area contributed by atoms with E-state index in [1.54, 1.807) is 27.0 Å². The largest absolute Gasteiger partial charge is 0.472 e. The maximum Gasteiger partial charge on any atom is 0.315 e. The minimum Gasteiger partial charge on any atom is -0.472 e. The van der Waals surface area contributed by atoms with Crippen LogP contribution in [0.2, 0.25) is 0 Å². The molecule has 14 nitrogen and oxygen atoms in total. The van der Waals surface area contributed by atoms with Crippen molar-refractivity contribution in [2.45, 2.75) is 122 Å². The molecule has 5 N–H and O–H groups in total. The molecule has 1 aliphatic carbocycles. The molecule has 2 fully saturated rings. The van der Waals surface area contributed by atoms with E-state index in [-0.39, 0.29) is 25.4 Å². The monoisotopic (exact) mass is 722 g/mol. The summed E-state index contributed by atoms with van der Waals surface area (Å²) in [6, 6.07) is 3.49. The summed E-state index contributed by atoms with van der Waals surface area (Å²) in [5, 5.41) is 25.7. The predicted molar refractivity (Wildman–Crippen MR) is 194 cm³/mol. The number of carbonyl (C=O) groups is 4. The fourth-order valence-corrected chi connectivity index (χ4v) is 6.73. The minimum atomic E-state index is -1.67. The zero-order valence-electron chi connectivity index (χ0n) is 30.4. The number of ether oxygens (including phenoxy) is 1. The van der Waals surface area contributed by atoms with E-state index in [0.29, 0.717) is 23.8 Å².